The lowest BCUT2D eigenvalue weighted by Crippen LogP contribution is -2.48. The fraction of sp³-hybridized carbons (Fsp3) is 0.226. The Kier molecular flexibility index (Phi) is 7.76. The van der Waals surface area contributed by atoms with Gasteiger partial charge in [-0.15, -0.1) is 0 Å². The Hall–Kier alpha value is -4.87. The van der Waals surface area contributed by atoms with Crippen LogP contribution < -0.4 is 10.6 Å². The summed E-state index contributed by atoms with van der Waals surface area (Å²) in [6.07, 6.45) is 2.39. The van der Waals surface area contributed by atoms with E-state index in [0.717, 1.165) is 11.3 Å². The van der Waals surface area contributed by atoms with Crippen LogP contribution in [-0.4, -0.2) is 39.1 Å². The van der Waals surface area contributed by atoms with E-state index < -0.39 is 11.7 Å². The number of anilines is 1. The lowest BCUT2D eigenvalue weighted by Gasteiger charge is -2.35. The number of carbonyl (C=O) groups excluding carboxylic acids is 1. The van der Waals surface area contributed by atoms with Gasteiger partial charge in [0.1, 0.15) is 11.6 Å². The largest absolute Gasteiger partial charge is 0.467 e. The number of ether oxygens (including phenoxy) is 2. The van der Waals surface area contributed by atoms with Gasteiger partial charge >= 0.3 is 0 Å². The molecule has 3 N–H and O–H groups in total. The minimum Gasteiger partial charge on any atom is -0.467 e. The van der Waals surface area contributed by atoms with Gasteiger partial charge in [0.2, 0.25) is 18.1 Å². The van der Waals surface area contributed by atoms with Crippen LogP contribution in [0.2, 0.25) is 0 Å². The van der Waals surface area contributed by atoms with Crippen molar-refractivity contribution in [2.24, 2.45) is 5.41 Å². The zero-order valence-corrected chi connectivity index (χ0v) is 22.8. The fourth-order valence-corrected chi connectivity index (χ4v) is 4.56. The van der Waals surface area contributed by atoms with Crippen molar-refractivity contribution >= 4 is 11.9 Å². The highest BCUT2D eigenvalue weighted by molar-refractivity contribution is 5.82. The summed E-state index contributed by atoms with van der Waals surface area (Å²) in [6.45, 7) is 2.90. The lowest BCUT2D eigenvalue weighted by atomic mass is 9.91. The van der Waals surface area contributed by atoms with Crippen LogP contribution >= 0.6 is 0 Å². The summed E-state index contributed by atoms with van der Waals surface area (Å²) in [7, 11) is 0. The summed E-state index contributed by atoms with van der Waals surface area (Å²) < 4.78 is 31.1. The number of H-pyrrole nitrogens is 1. The molecule has 42 heavy (non-hydrogen) atoms. The highest BCUT2D eigenvalue weighted by Crippen LogP contribution is 2.35. The van der Waals surface area contributed by atoms with Gasteiger partial charge < -0.3 is 29.5 Å². The number of rotatable bonds is 9. The number of nitrogens with zero attached hydrogens (tertiary/aromatic N) is 3. The second-order valence-corrected chi connectivity index (χ2v) is 10.2. The summed E-state index contributed by atoms with van der Waals surface area (Å²) >= 11 is 0. The minimum absolute atomic E-state index is 0.133. The average molecular weight is 569 g/mol. The zero-order chi connectivity index (χ0) is 28.9. The Labute approximate surface area is 241 Å². The van der Waals surface area contributed by atoms with Crippen LogP contribution in [0.25, 0.3) is 22.6 Å². The Morgan fingerprint density at radius 3 is 2.52 bits per heavy atom. The third kappa shape index (κ3) is 6.07. The third-order valence-corrected chi connectivity index (χ3v) is 6.93. The first-order chi connectivity index (χ1) is 20.5. The van der Waals surface area contributed by atoms with Gasteiger partial charge in [-0.1, -0.05) is 30.3 Å². The van der Waals surface area contributed by atoms with E-state index in [0.29, 0.717) is 47.5 Å². The lowest BCUT2D eigenvalue weighted by molar-refractivity contribution is -0.231. The van der Waals surface area contributed by atoms with Crippen LogP contribution in [0.4, 0.5) is 10.3 Å². The number of carbonyl (C=O) groups is 1. The Balaban J connectivity index is 1.21. The third-order valence-electron chi connectivity index (χ3n) is 6.93. The molecule has 1 aliphatic heterocycles. The van der Waals surface area contributed by atoms with E-state index >= 15 is 0 Å². The van der Waals surface area contributed by atoms with Crippen molar-refractivity contribution < 1.29 is 23.1 Å². The van der Waals surface area contributed by atoms with Gasteiger partial charge in [0.15, 0.2) is 5.82 Å². The SMILES string of the molecule is CC1(C(=O)NCc2ccccc2)COC(c2nc(-c3ccc(F)cc3)c(-c3ccnc(NCc4ccco4)n3)[nH]2)OC1. The average Bonchev–Trinajstić information content (AvgIpc) is 3.71. The fourth-order valence-electron chi connectivity index (χ4n) is 4.56. The molecule has 0 unspecified atom stereocenters. The molecule has 0 bridgehead atoms. The number of hydrogen-bond donors (Lipinski definition) is 3. The monoisotopic (exact) mass is 568 g/mol. The Morgan fingerprint density at radius 2 is 1.79 bits per heavy atom. The van der Waals surface area contributed by atoms with Crippen molar-refractivity contribution in [2.75, 3.05) is 18.5 Å². The van der Waals surface area contributed by atoms with E-state index in [1.54, 1.807) is 37.6 Å². The molecule has 1 aliphatic rings. The molecule has 0 spiro atoms. The van der Waals surface area contributed by atoms with Crippen LogP contribution in [-0.2, 0) is 27.4 Å². The number of furan rings is 1. The molecule has 1 saturated heterocycles. The minimum atomic E-state index is -0.873. The smallest absolute Gasteiger partial charge is 0.230 e. The summed E-state index contributed by atoms with van der Waals surface area (Å²) in [5.41, 5.74) is 2.50. The zero-order valence-electron chi connectivity index (χ0n) is 22.8. The normalized spacial score (nSPS) is 18.5. The van der Waals surface area contributed by atoms with Crippen molar-refractivity contribution in [1.29, 1.82) is 0 Å². The molecule has 6 rings (SSSR count). The number of imidazole rings is 1. The van der Waals surface area contributed by atoms with Crippen LogP contribution in [0.3, 0.4) is 0 Å². The molecular formula is C31H29FN6O4. The number of aromatic nitrogens is 4. The van der Waals surface area contributed by atoms with E-state index in [2.05, 4.69) is 25.6 Å². The molecule has 3 aromatic heterocycles. The van der Waals surface area contributed by atoms with Gasteiger partial charge in [-0.25, -0.2) is 19.3 Å². The quantitative estimate of drug-likeness (QED) is 0.220. The van der Waals surface area contributed by atoms with Crippen LogP contribution in [0.5, 0.6) is 0 Å². The van der Waals surface area contributed by atoms with Crippen molar-refractivity contribution in [2.45, 2.75) is 26.3 Å². The number of halogens is 1. The van der Waals surface area contributed by atoms with E-state index in [1.807, 2.05) is 42.5 Å². The molecule has 0 saturated carbocycles. The van der Waals surface area contributed by atoms with Gasteiger partial charge in [-0.05, 0) is 55.0 Å². The van der Waals surface area contributed by atoms with Gasteiger partial charge in [-0.3, -0.25) is 4.79 Å². The number of amides is 1. The van der Waals surface area contributed by atoms with Crippen LogP contribution in [0.1, 0.15) is 30.4 Å². The van der Waals surface area contributed by atoms with Crippen molar-refractivity contribution in [1.82, 2.24) is 25.3 Å². The topological polar surface area (TPSA) is 127 Å². The predicted octanol–water partition coefficient (Wildman–Crippen LogP) is 5.25. The molecule has 214 valence electrons. The summed E-state index contributed by atoms with van der Waals surface area (Å²) in [4.78, 5) is 30.0. The van der Waals surface area contributed by atoms with E-state index in [4.69, 9.17) is 18.9 Å². The highest BCUT2D eigenvalue weighted by Gasteiger charge is 2.40. The van der Waals surface area contributed by atoms with Gasteiger partial charge in [0.05, 0.1) is 48.5 Å². The summed E-state index contributed by atoms with van der Waals surface area (Å²) in [5.74, 6) is 1.03. The van der Waals surface area contributed by atoms with E-state index in [9.17, 15) is 9.18 Å². The number of hydrogen-bond acceptors (Lipinski definition) is 8. The molecule has 11 heteroatoms. The molecular weight excluding hydrogens is 539 g/mol. The van der Waals surface area contributed by atoms with Gasteiger partial charge in [-0.2, -0.15) is 0 Å². The first kappa shape index (κ1) is 27.3. The molecule has 1 amide bonds. The Morgan fingerprint density at radius 1 is 1.00 bits per heavy atom. The summed E-state index contributed by atoms with van der Waals surface area (Å²) in [5, 5.41) is 6.12. The predicted molar refractivity (Wildman–Crippen MR) is 152 cm³/mol. The number of nitrogens with one attached hydrogen (secondary N) is 3. The first-order valence-corrected chi connectivity index (χ1v) is 13.5. The summed E-state index contributed by atoms with van der Waals surface area (Å²) in [6, 6.07) is 21.1. The maximum atomic E-state index is 13.7. The van der Waals surface area contributed by atoms with Crippen LogP contribution in [0, 0.1) is 11.2 Å². The molecule has 4 heterocycles. The van der Waals surface area contributed by atoms with Gasteiger partial charge in [0, 0.05) is 18.3 Å². The molecule has 0 aliphatic carbocycles. The molecule has 1 fully saturated rings. The second-order valence-electron chi connectivity index (χ2n) is 10.2. The molecule has 2 aromatic carbocycles. The molecule has 5 aromatic rings. The highest BCUT2D eigenvalue weighted by atomic mass is 19.1. The van der Waals surface area contributed by atoms with Gasteiger partial charge in [0.25, 0.3) is 0 Å². The molecule has 0 radical (unpaired) electrons. The van der Waals surface area contributed by atoms with E-state index in [-0.39, 0.29) is 24.9 Å². The number of aromatic amines is 1. The maximum absolute atomic E-state index is 13.7. The van der Waals surface area contributed by atoms with Crippen molar-refractivity contribution in [3.05, 3.63) is 108 Å². The van der Waals surface area contributed by atoms with Crippen molar-refractivity contribution in [3.63, 3.8) is 0 Å². The standard InChI is InChI=1S/C31H29FN6O4/c1-31(29(39)34-16-20-6-3-2-4-7-20)18-41-28(42-19-31)27-37-25(21-9-11-22(32)12-10-21)26(38-27)24-13-14-33-30(36-24)35-17-23-8-5-15-40-23/h2-15,28H,16-19H2,1H3,(H,34,39)(H,37,38)(H,33,35,36). The Bertz CT molecular complexity index is 1630. The second kappa shape index (κ2) is 11.9. The molecule has 0 atom stereocenters. The van der Waals surface area contributed by atoms with Crippen molar-refractivity contribution in [3.8, 4) is 22.6 Å². The maximum Gasteiger partial charge on any atom is 0.230 e. The first-order valence-electron chi connectivity index (χ1n) is 13.5. The van der Waals surface area contributed by atoms with E-state index in [1.165, 1.54) is 12.1 Å². The number of benzene rings is 2. The molecule has 10 nitrogen and oxygen atoms in total. The van der Waals surface area contributed by atoms with Crippen LogP contribution in [0.15, 0.2) is 89.7 Å².